The van der Waals surface area contributed by atoms with Gasteiger partial charge in [0.1, 0.15) is 11.6 Å². The Balaban J connectivity index is 1.62. The van der Waals surface area contributed by atoms with E-state index < -0.39 is 12.0 Å². The first kappa shape index (κ1) is 18.8. The minimum atomic E-state index is -4.61. The van der Waals surface area contributed by atoms with E-state index in [1.165, 1.54) is 16.0 Å². The third-order valence-electron chi connectivity index (χ3n) is 4.54. The van der Waals surface area contributed by atoms with Crippen molar-refractivity contribution in [1.82, 2.24) is 28.9 Å². The lowest BCUT2D eigenvalue weighted by Crippen LogP contribution is -2.32. The van der Waals surface area contributed by atoms with E-state index in [2.05, 4.69) is 29.3 Å². The number of hydrogen-bond acceptors (Lipinski definition) is 8. The molecule has 0 unspecified atom stereocenters. The van der Waals surface area contributed by atoms with Crippen molar-refractivity contribution in [2.24, 2.45) is 0 Å². The van der Waals surface area contributed by atoms with E-state index in [9.17, 15) is 13.2 Å². The molecule has 0 spiro atoms. The smallest absolute Gasteiger partial charge is 0.355 e. The van der Waals surface area contributed by atoms with Crippen molar-refractivity contribution in [3.8, 4) is 0 Å². The summed E-state index contributed by atoms with van der Waals surface area (Å²) in [5, 5.41) is 4.55. The van der Waals surface area contributed by atoms with E-state index in [-0.39, 0.29) is 5.78 Å². The highest BCUT2D eigenvalue weighted by atomic mass is 32.1. The number of aromatic nitrogens is 6. The highest BCUT2D eigenvalue weighted by Crippen LogP contribution is 2.28. The van der Waals surface area contributed by atoms with E-state index in [1.807, 2.05) is 11.8 Å². The molecule has 0 saturated carbocycles. The molecule has 0 aliphatic carbocycles. The van der Waals surface area contributed by atoms with E-state index in [0.717, 1.165) is 30.3 Å². The zero-order valence-corrected chi connectivity index (χ0v) is 16.3. The Morgan fingerprint density at radius 1 is 1.07 bits per heavy atom. The molecule has 1 saturated heterocycles. The molecule has 0 bridgehead atoms. The number of halogens is 3. The van der Waals surface area contributed by atoms with Gasteiger partial charge < -0.3 is 9.80 Å². The van der Waals surface area contributed by atoms with E-state index in [4.69, 9.17) is 0 Å². The van der Waals surface area contributed by atoms with Crippen molar-refractivity contribution >= 4 is 28.3 Å². The molecule has 3 aromatic heterocycles. The Hall–Kier alpha value is -2.50. The van der Waals surface area contributed by atoms with E-state index in [0.29, 0.717) is 31.1 Å². The van der Waals surface area contributed by atoms with Crippen LogP contribution >= 0.6 is 11.5 Å². The fraction of sp³-hybridized carbons (Fsp3) is 0.562. The Morgan fingerprint density at radius 3 is 2.54 bits per heavy atom. The predicted molar refractivity (Wildman–Crippen MR) is 98.9 cm³/mol. The van der Waals surface area contributed by atoms with Crippen LogP contribution in [0.1, 0.15) is 30.7 Å². The van der Waals surface area contributed by atoms with Crippen LogP contribution in [0.3, 0.4) is 0 Å². The minimum Gasteiger partial charge on any atom is -0.355 e. The van der Waals surface area contributed by atoms with Crippen LogP contribution in [0.25, 0.3) is 5.78 Å². The molecule has 1 fully saturated rings. The molecule has 1 aliphatic heterocycles. The van der Waals surface area contributed by atoms with Gasteiger partial charge >= 0.3 is 6.18 Å². The SMILES string of the molecule is CCc1nsc(N2CCCN(c3cc(C)nc4nc(C(F)(F)F)nn34)CC2)n1. The molecule has 1 aliphatic rings. The molecule has 3 aromatic rings. The van der Waals surface area contributed by atoms with Gasteiger partial charge in [0, 0.05) is 55.9 Å². The fourth-order valence-electron chi connectivity index (χ4n) is 3.17. The van der Waals surface area contributed by atoms with Gasteiger partial charge in [-0.15, -0.1) is 5.10 Å². The average molecular weight is 412 g/mol. The number of nitrogens with zero attached hydrogens (tertiary/aromatic N) is 8. The number of alkyl halides is 3. The first-order valence-corrected chi connectivity index (χ1v) is 9.76. The summed E-state index contributed by atoms with van der Waals surface area (Å²) in [5.41, 5.74) is 0.599. The van der Waals surface area contributed by atoms with Crippen LogP contribution in [-0.4, -0.2) is 55.1 Å². The highest BCUT2D eigenvalue weighted by Gasteiger charge is 2.37. The van der Waals surface area contributed by atoms with Gasteiger partial charge in [-0.25, -0.2) is 9.97 Å². The molecule has 0 N–H and O–H groups in total. The average Bonchev–Trinajstić information content (AvgIpc) is 3.22. The Morgan fingerprint density at radius 2 is 1.82 bits per heavy atom. The lowest BCUT2D eigenvalue weighted by molar-refractivity contribution is -0.144. The molecular formula is C16H19F3N8S. The van der Waals surface area contributed by atoms with Gasteiger partial charge in [-0.2, -0.15) is 27.0 Å². The molecule has 12 heteroatoms. The maximum absolute atomic E-state index is 13.0. The molecule has 0 atom stereocenters. The summed E-state index contributed by atoms with van der Waals surface area (Å²) in [6.45, 7) is 6.58. The van der Waals surface area contributed by atoms with E-state index >= 15 is 0 Å². The summed E-state index contributed by atoms with van der Waals surface area (Å²) < 4.78 is 44.6. The van der Waals surface area contributed by atoms with Gasteiger partial charge in [0.05, 0.1) is 0 Å². The van der Waals surface area contributed by atoms with Crippen molar-refractivity contribution in [3.05, 3.63) is 23.4 Å². The Labute approximate surface area is 163 Å². The number of fused-ring (bicyclic) bond motifs is 1. The molecule has 0 amide bonds. The number of rotatable bonds is 3. The van der Waals surface area contributed by atoms with Crippen molar-refractivity contribution in [3.63, 3.8) is 0 Å². The van der Waals surface area contributed by atoms with Crippen LogP contribution < -0.4 is 9.80 Å². The molecular weight excluding hydrogens is 393 g/mol. The van der Waals surface area contributed by atoms with Crippen LogP contribution in [-0.2, 0) is 12.6 Å². The van der Waals surface area contributed by atoms with Crippen molar-refractivity contribution in [1.29, 1.82) is 0 Å². The van der Waals surface area contributed by atoms with Crippen LogP contribution in [0, 0.1) is 6.92 Å². The normalized spacial score (nSPS) is 16.0. The van der Waals surface area contributed by atoms with Crippen LogP contribution in [0.15, 0.2) is 6.07 Å². The molecule has 150 valence electrons. The maximum Gasteiger partial charge on any atom is 0.453 e. The summed E-state index contributed by atoms with van der Waals surface area (Å²) in [4.78, 5) is 16.4. The standard InChI is InChI=1S/C16H19F3N8S/c1-3-11-21-15(28-24-11)26-6-4-5-25(7-8-26)12-9-10(2)20-14-22-13(16(17,18)19)23-27(12)14/h9H,3-8H2,1-2H3. The first-order chi connectivity index (χ1) is 13.3. The lowest BCUT2D eigenvalue weighted by atomic mass is 10.3. The van der Waals surface area contributed by atoms with Gasteiger partial charge in [-0.3, -0.25) is 0 Å². The van der Waals surface area contributed by atoms with Gasteiger partial charge in [-0.1, -0.05) is 6.92 Å². The number of aryl methyl sites for hydroxylation is 2. The van der Waals surface area contributed by atoms with Gasteiger partial charge in [0.25, 0.3) is 11.6 Å². The Bertz CT molecular complexity index is 982. The number of anilines is 2. The molecule has 8 nitrogen and oxygen atoms in total. The van der Waals surface area contributed by atoms with Crippen molar-refractivity contribution in [2.75, 3.05) is 36.0 Å². The largest absolute Gasteiger partial charge is 0.453 e. The fourth-order valence-corrected chi connectivity index (χ4v) is 3.97. The summed E-state index contributed by atoms with van der Waals surface area (Å²) in [6, 6.07) is 1.75. The zero-order chi connectivity index (χ0) is 19.9. The summed E-state index contributed by atoms with van der Waals surface area (Å²) in [7, 11) is 0. The summed E-state index contributed by atoms with van der Waals surface area (Å²) in [5.74, 6) is 0.179. The van der Waals surface area contributed by atoms with Crippen LogP contribution in [0.4, 0.5) is 24.1 Å². The topological polar surface area (TPSA) is 75.3 Å². The zero-order valence-electron chi connectivity index (χ0n) is 15.4. The monoisotopic (exact) mass is 412 g/mol. The third kappa shape index (κ3) is 3.60. The number of hydrogen-bond donors (Lipinski definition) is 0. The molecule has 4 rings (SSSR count). The van der Waals surface area contributed by atoms with Crippen molar-refractivity contribution < 1.29 is 13.2 Å². The van der Waals surface area contributed by atoms with Gasteiger partial charge in [-0.05, 0) is 13.3 Å². The van der Waals surface area contributed by atoms with Gasteiger partial charge in [0.15, 0.2) is 0 Å². The van der Waals surface area contributed by atoms with Crippen LogP contribution in [0.5, 0.6) is 0 Å². The Kier molecular flexibility index (Phi) is 4.81. The third-order valence-corrected chi connectivity index (χ3v) is 5.35. The molecule has 0 aromatic carbocycles. The second-order valence-corrected chi connectivity index (χ2v) is 7.31. The first-order valence-electron chi connectivity index (χ1n) is 8.99. The maximum atomic E-state index is 13.0. The quantitative estimate of drug-likeness (QED) is 0.655. The van der Waals surface area contributed by atoms with Crippen molar-refractivity contribution in [2.45, 2.75) is 32.9 Å². The molecule has 0 radical (unpaired) electrons. The highest BCUT2D eigenvalue weighted by molar-refractivity contribution is 7.09. The van der Waals surface area contributed by atoms with E-state index in [1.54, 1.807) is 13.0 Å². The second kappa shape index (κ2) is 7.15. The minimum absolute atomic E-state index is 0.0415. The molecule has 4 heterocycles. The second-order valence-electron chi connectivity index (χ2n) is 6.58. The van der Waals surface area contributed by atoms with Crippen LogP contribution in [0.2, 0.25) is 0 Å². The molecule has 28 heavy (non-hydrogen) atoms. The summed E-state index contributed by atoms with van der Waals surface area (Å²) in [6.07, 6.45) is -2.98. The lowest BCUT2D eigenvalue weighted by Gasteiger charge is -2.23. The van der Waals surface area contributed by atoms with Gasteiger partial charge in [0.2, 0.25) is 5.13 Å². The predicted octanol–water partition coefficient (Wildman–Crippen LogP) is 2.58. The summed E-state index contributed by atoms with van der Waals surface area (Å²) >= 11 is 1.38.